The number of pyridine rings is 1. The Morgan fingerprint density at radius 3 is 2.73 bits per heavy atom. The molecule has 4 aromatic heterocycles. The lowest BCUT2D eigenvalue weighted by Crippen LogP contribution is -2.30. The summed E-state index contributed by atoms with van der Waals surface area (Å²) in [4.78, 5) is 10.7. The molecule has 5 rings (SSSR count). The minimum Gasteiger partial charge on any atom is -0.304 e. The molecule has 10 heteroatoms. The van der Waals surface area contributed by atoms with Crippen molar-refractivity contribution in [2.45, 2.75) is 31.2 Å². The van der Waals surface area contributed by atoms with E-state index in [1.54, 1.807) is 47.4 Å². The Labute approximate surface area is 178 Å². The quantitative estimate of drug-likeness (QED) is 0.485. The van der Waals surface area contributed by atoms with E-state index in [9.17, 15) is 8.42 Å². The first-order valence-corrected chi connectivity index (χ1v) is 12.1. The first-order chi connectivity index (χ1) is 14.4. The molecule has 0 bridgehead atoms. The molecule has 0 unspecified atom stereocenters. The van der Waals surface area contributed by atoms with Crippen LogP contribution in [0.15, 0.2) is 40.7 Å². The summed E-state index contributed by atoms with van der Waals surface area (Å²) in [7, 11) is -1.86. The normalized spacial score (nSPS) is 17.9. The zero-order valence-electron chi connectivity index (χ0n) is 17.0. The van der Waals surface area contributed by atoms with Crippen molar-refractivity contribution in [2.24, 2.45) is 7.05 Å². The SMILES string of the molecule is Cc1nn(C)c(C)c1S(=O)(=O)N1CC[C@H](n2c(-c3cccs3)nc3cccnc32)C1. The summed E-state index contributed by atoms with van der Waals surface area (Å²) < 4.78 is 32.1. The number of hydrogen-bond acceptors (Lipinski definition) is 6. The maximum atomic E-state index is 13.4. The van der Waals surface area contributed by atoms with Gasteiger partial charge in [-0.2, -0.15) is 9.40 Å². The average molecular weight is 443 g/mol. The standard InChI is InChI=1S/C20H22N6O2S2/c1-13-18(14(2)24(3)23-13)30(27,28)25-10-8-15(12-25)26-19-16(6-4-9-21-19)22-20(26)17-7-5-11-29-17/h4-7,9,11,15H,8,10,12H2,1-3H3/t15-/m0/s1. The first kappa shape index (κ1) is 19.4. The van der Waals surface area contributed by atoms with E-state index in [1.165, 1.54) is 0 Å². The van der Waals surface area contributed by atoms with Crippen LogP contribution in [-0.2, 0) is 17.1 Å². The van der Waals surface area contributed by atoms with Crippen LogP contribution >= 0.6 is 11.3 Å². The van der Waals surface area contributed by atoms with Gasteiger partial charge in [-0.25, -0.2) is 18.4 Å². The lowest BCUT2D eigenvalue weighted by atomic mass is 10.2. The predicted octanol–water partition coefficient (Wildman–Crippen LogP) is 3.15. The van der Waals surface area contributed by atoms with Gasteiger partial charge in [0.05, 0.1) is 22.3 Å². The van der Waals surface area contributed by atoms with Crippen molar-refractivity contribution in [1.82, 2.24) is 28.6 Å². The molecule has 1 saturated heterocycles. The molecule has 156 valence electrons. The van der Waals surface area contributed by atoms with Crippen molar-refractivity contribution in [3.05, 3.63) is 47.2 Å². The Kier molecular flexibility index (Phi) is 4.53. The predicted molar refractivity (Wildman–Crippen MR) is 116 cm³/mol. The Balaban J connectivity index is 1.55. The van der Waals surface area contributed by atoms with E-state index in [0.717, 1.165) is 21.9 Å². The summed E-state index contributed by atoms with van der Waals surface area (Å²) in [6, 6.07) is 7.82. The van der Waals surface area contributed by atoms with Gasteiger partial charge in [0.1, 0.15) is 10.4 Å². The number of fused-ring (bicyclic) bond motifs is 1. The molecule has 1 atom stereocenters. The second-order valence-electron chi connectivity index (χ2n) is 7.56. The molecule has 0 aromatic carbocycles. The summed E-state index contributed by atoms with van der Waals surface area (Å²) in [5, 5.41) is 6.31. The highest BCUT2D eigenvalue weighted by Gasteiger charge is 2.38. The molecule has 4 aromatic rings. The average Bonchev–Trinajstić information content (AvgIpc) is 3.47. The maximum Gasteiger partial charge on any atom is 0.246 e. The van der Waals surface area contributed by atoms with Crippen LogP contribution in [0.25, 0.3) is 21.9 Å². The molecule has 0 amide bonds. The highest BCUT2D eigenvalue weighted by molar-refractivity contribution is 7.89. The van der Waals surface area contributed by atoms with Gasteiger partial charge < -0.3 is 4.57 Å². The fourth-order valence-electron chi connectivity index (χ4n) is 4.25. The molecule has 0 aliphatic carbocycles. The van der Waals surface area contributed by atoms with Crippen molar-refractivity contribution < 1.29 is 8.42 Å². The molecular formula is C20H22N6O2S2. The molecule has 5 heterocycles. The highest BCUT2D eigenvalue weighted by Crippen LogP contribution is 2.36. The van der Waals surface area contributed by atoms with E-state index in [-0.39, 0.29) is 6.04 Å². The van der Waals surface area contributed by atoms with Crippen molar-refractivity contribution in [3.8, 4) is 10.7 Å². The van der Waals surface area contributed by atoms with Crippen LogP contribution in [0.2, 0.25) is 0 Å². The zero-order valence-corrected chi connectivity index (χ0v) is 18.6. The van der Waals surface area contributed by atoms with Gasteiger partial charge in [0.15, 0.2) is 11.5 Å². The van der Waals surface area contributed by atoms with Crippen LogP contribution in [0.1, 0.15) is 23.9 Å². The van der Waals surface area contributed by atoms with E-state index in [0.29, 0.717) is 35.8 Å². The van der Waals surface area contributed by atoms with E-state index in [1.807, 2.05) is 29.6 Å². The van der Waals surface area contributed by atoms with Crippen molar-refractivity contribution in [1.29, 1.82) is 0 Å². The summed E-state index contributed by atoms with van der Waals surface area (Å²) in [5.74, 6) is 0.844. The molecular weight excluding hydrogens is 420 g/mol. The number of rotatable bonds is 4. The summed E-state index contributed by atoms with van der Waals surface area (Å²) in [5.41, 5.74) is 2.80. The van der Waals surface area contributed by atoms with Gasteiger partial charge in [-0.05, 0) is 43.8 Å². The van der Waals surface area contributed by atoms with Crippen LogP contribution in [0, 0.1) is 13.8 Å². The topological polar surface area (TPSA) is 85.9 Å². The van der Waals surface area contributed by atoms with Crippen LogP contribution in [0.5, 0.6) is 0 Å². The van der Waals surface area contributed by atoms with Gasteiger partial charge >= 0.3 is 0 Å². The molecule has 0 N–H and O–H groups in total. The Morgan fingerprint density at radius 1 is 1.20 bits per heavy atom. The van der Waals surface area contributed by atoms with Crippen molar-refractivity contribution in [2.75, 3.05) is 13.1 Å². The Hall–Kier alpha value is -2.56. The molecule has 8 nitrogen and oxygen atoms in total. The van der Waals surface area contributed by atoms with Crippen molar-refractivity contribution in [3.63, 3.8) is 0 Å². The minimum absolute atomic E-state index is 0.0333. The number of thiophene rings is 1. The largest absolute Gasteiger partial charge is 0.304 e. The molecule has 1 aliphatic heterocycles. The number of aromatic nitrogens is 5. The summed E-state index contributed by atoms with van der Waals surface area (Å²) in [6.45, 7) is 4.38. The van der Waals surface area contributed by atoms with E-state index >= 15 is 0 Å². The van der Waals surface area contributed by atoms with Gasteiger partial charge in [-0.15, -0.1) is 11.3 Å². The van der Waals surface area contributed by atoms with Gasteiger partial charge in [0.25, 0.3) is 0 Å². The van der Waals surface area contributed by atoms with Gasteiger partial charge in [-0.3, -0.25) is 4.68 Å². The molecule has 0 spiro atoms. The van der Waals surface area contributed by atoms with E-state index in [4.69, 9.17) is 4.98 Å². The number of nitrogens with zero attached hydrogens (tertiary/aromatic N) is 6. The van der Waals surface area contributed by atoms with Crippen LogP contribution in [0.3, 0.4) is 0 Å². The van der Waals surface area contributed by atoms with Gasteiger partial charge in [0, 0.05) is 26.3 Å². The molecule has 0 radical (unpaired) electrons. The number of imidazole rings is 1. The Bertz CT molecular complexity index is 1340. The minimum atomic E-state index is -3.62. The van der Waals surface area contributed by atoms with Crippen LogP contribution in [0.4, 0.5) is 0 Å². The summed E-state index contributed by atoms with van der Waals surface area (Å²) >= 11 is 1.62. The zero-order chi connectivity index (χ0) is 21.0. The third-order valence-electron chi connectivity index (χ3n) is 5.72. The number of aryl methyl sites for hydroxylation is 2. The lowest BCUT2D eigenvalue weighted by Gasteiger charge is -2.18. The van der Waals surface area contributed by atoms with Gasteiger partial charge in [-0.1, -0.05) is 6.07 Å². The highest BCUT2D eigenvalue weighted by atomic mass is 32.2. The monoisotopic (exact) mass is 442 g/mol. The second kappa shape index (κ2) is 7.00. The van der Waals surface area contributed by atoms with Crippen LogP contribution < -0.4 is 0 Å². The smallest absolute Gasteiger partial charge is 0.246 e. The number of hydrogen-bond donors (Lipinski definition) is 0. The fourth-order valence-corrected chi connectivity index (χ4v) is 6.85. The molecule has 1 aliphatic rings. The van der Waals surface area contributed by atoms with Crippen LogP contribution in [-0.4, -0.2) is 50.1 Å². The molecule has 1 fully saturated rings. The fraction of sp³-hybridized carbons (Fsp3) is 0.350. The first-order valence-electron chi connectivity index (χ1n) is 9.75. The molecule has 0 saturated carbocycles. The summed E-state index contributed by atoms with van der Waals surface area (Å²) in [6.07, 6.45) is 2.46. The van der Waals surface area contributed by atoms with E-state index < -0.39 is 10.0 Å². The lowest BCUT2D eigenvalue weighted by molar-refractivity contribution is 0.454. The van der Waals surface area contributed by atoms with Gasteiger partial charge in [0.2, 0.25) is 10.0 Å². The third kappa shape index (κ3) is 2.90. The number of sulfonamides is 1. The maximum absolute atomic E-state index is 13.4. The Morgan fingerprint density at radius 2 is 2.03 bits per heavy atom. The van der Waals surface area contributed by atoms with E-state index in [2.05, 4.69) is 14.6 Å². The van der Waals surface area contributed by atoms with Crippen molar-refractivity contribution >= 4 is 32.5 Å². The second-order valence-corrected chi connectivity index (χ2v) is 10.4. The third-order valence-corrected chi connectivity index (χ3v) is 8.71. The molecule has 30 heavy (non-hydrogen) atoms.